The van der Waals surface area contributed by atoms with Gasteiger partial charge in [0.05, 0.1) is 18.1 Å². The average molecular weight is 352 g/mol. The minimum Gasteiger partial charge on any atom is -0.365 e. The molecule has 0 aliphatic carbocycles. The third-order valence-corrected chi connectivity index (χ3v) is 3.72. The van der Waals surface area contributed by atoms with Crippen LogP contribution in [-0.4, -0.2) is 43.4 Å². The summed E-state index contributed by atoms with van der Waals surface area (Å²) in [6.45, 7) is 0. The Labute approximate surface area is 148 Å². The van der Waals surface area contributed by atoms with Crippen LogP contribution in [0.4, 0.5) is 0 Å². The van der Waals surface area contributed by atoms with Gasteiger partial charge in [0, 0.05) is 24.5 Å². The third-order valence-electron chi connectivity index (χ3n) is 3.72. The molecule has 0 spiro atoms. The van der Waals surface area contributed by atoms with Gasteiger partial charge in [-0.3, -0.25) is 19.4 Å². The highest BCUT2D eigenvalue weighted by Crippen LogP contribution is 2.10. The number of pyridine rings is 1. The van der Waals surface area contributed by atoms with Crippen LogP contribution in [0.15, 0.2) is 55.1 Å². The van der Waals surface area contributed by atoms with Gasteiger partial charge in [-0.2, -0.15) is 5.10 Å². The summed E-state index contributed by atoms with van der Waals surface area (Å²) in [5.74, 6) is -2.54. The number of ketones is 1. The lowest BCUT2D eigenvalue weighted by Gasteiger charge is -2.16. The van der Waals surface area contributed by atoms with Crippen molar-refractivity contribution in [1.29, 1.82) is 0 Å². The van der Waals surface area contributed by atoms with Gasteiger partial charge >= 0.3 is 0 Å². The number of aromatic nitrogens is 4. The van der Waals surface area contributed by atoms with Crippen LogP contribution >= 0.6 is 0 Å². The third kappa shape index (κ3) is 3.66. The smallest absolute Gasteiger partial charge is 0.287 e. The lowest BCUT2D eigenvalue weighted by Crippen LogP contribution is -2.47. The van der Waals surface area contributed by atoms with Crippen molar-refractivity contribution in [3.05, 3.63) is 66.5 Å². The van der Waals surface area contributed by atoms with Crippen LogP contribution in [0.2, 0.25) is 0 Å². The second-order valence-corrected chi connectivity index (χ2v) is 5.49. The molecule has 9 nitrogen and oxygen atoms in total. The van der Waals surface area contributed by atoms with Crippen molar-refractivity contribution in [2.45, 2.75) is 12.5 Å². The standard InChI is InChI=1S/C17H16N6O3/c18-16(25)15(24)13(9-11-3-1-7-20-11)22-17(26)14-5-8-21-23(14)12-4-2-6-19-10-12/h1-8,10,13,20H,9H2,(H2,18,25)(H,22,26). The number of carbonyl (C=O) groups excluding carboxylic acids is 3. The van der Waals surface area contributed by atoms with Crippen molar-refractivity contribution in [2.75, 3.05) is 0 Å². The lowest BCUT2D eigenvalue weighted by atomic mass is 10.1. The number of nitrogens with two attached hydrogens (primary N) is 1. The first-order valence-electron chi connectivity index (χ1n) is 7.77. The molecule has 3 rings (SSSR count). The summed E-state index contributed by atoms with van der Waals surface area (Å²) in [7, 11) is 0. The number of primary amides is 1. The molecular formula is C17H16N6O3. The number of Topliss-reactive ketones (excluding diaryl/α,β-unsaturated/α-hetero) is 1. The highest BCUT2D eigenvalue weighted by atomic mass is 16.2. The van der Waals surface area contributed by atoms with E-state index in [-0.39, 0.29) is 12.1 Å². The molecule has 3 heterocycles. The fraction of sp³-hybridized carbons (Fsp3) is 0.118. The summed E-state index contributed by atoms with van der Waals surface area (Å²) < 4.78 is 1.39. The van der Waals surface area contributed by atoms with Crippen LogP contribution < -0.4 is 11.1 Å². The van der Waals surface area contributed by atoms with Crippen LogP contribution in [0.5, 0.6) is 0 Å². The molecule has 4 N–H and O–H groups in total. The molecule has 0 saturated carbocycles. The molecule has 26 heavy (non-hydrogen) atoms. The summed E-state index contributed by atoms with van der Waals surface area (Å²) in [4.78, 5) is 43.0. The van der Waals surface area contributed by atoms with E-state index in [1.807, 2.05) is 0 Å². The quantitative estimate of drug-likeness (QED) is 0.514. The predicted octanol–water partition coefficient (Wildman–Crippen LogP) is -0.00910. The van der Waals surface area contributed by atoms with Crippen molar-refractivity contribution >= 4 is 17.6 Å². The number of carbonyl (C=O) groups is 3. The van der Waals surface area contributed by atoms with Crippen LogP contribution in [0.1, 0.15) is 16.2 Å². The molecule has 2 amide bonds. The largest absolute Gasteiger partial charge is 0.365 e. The van der Waals surface area contributed by atoms with Gasteiger partial charge in [0.2, 0.25) is 5.78 Å². The minimum absolute atomic E-state index is 0.113. The minimum atomic E-state index is -1.11. The Morgan fingerprint density at radius 1 is 1.19 bits per heavy atom. The molecule has 0 aliphatic rings. The van der Waals surface area contributed by atoms with Crippen molar-refractivity contribution in [3.8, 4) is 5.69 Å². The zero-order chi connectivity index (χ0) is 18.5. The van der Waals surface area contributed by atoms with E-state index in [0.717, 1.165) is 0 Å². The number of aromatic amines is 1. The highest BCUT2D eigenvalue weighted by molar-refractivity contribution is 6.38. The fourth-order valence-corrected chi connectivity index (χ4v) is 2.49. The monoisotopic (exact) mass is 352 g/mol. The zero-order valence-electron chi connectivity index (χ0n) is 13.6. The van der Waals surface area contributed by atoms with E-state index < -0.39 is 23.6 Å². The number of hydrogen-bond acceptors (Lipinski definition) is 5. The fourth-order valence-electron chi connectivity index (χ4n) is 2.49. The Bertz CT molecular complexity index is 917. The van der Waals surface area contributed by atoms with Gasteiger partial charge in [0.15, 0.2) is 0 Å². The molecule has 3 aromatic heterocycles. The number of nitrogens with one attached hydrogen (secondary N) is 2. The van der Waals surface area contributed by atoms with E-state index in [1.54, 1.807) is 42.9 Å². The summed E-state index contributed by atoms with van der Waals surface area (Å²) in [5, 5.41) is 6.66. The molecule has 0 bridgehead atoms. The summed E-state index contributed by atoms with van der Waals surface area (Å²) in [6, 6.07) is 7.36. The number of rotatable bonds is 7. The van der Waals surface area contributed by atoms with Crippen LogP contribution in [0, 0.1) is 0 Å². The van der Waals surface area contributed by atoms with Gasteiger partial charge in [-0.1, -0.05) is 0 Å². The maximum absolute atomic E-state index is 12.7. The Morgan fingerprint density at radius 3 is 2.69 bits per heavy atom. The van der Waals surface area contributed by atoms with Crippen molar-refractivity contribution < 1.29 is 14.4 Å². The van der Waals surface area contributed by atoms with Crippen molar-refractivity contribution in [3.63, 3.8) is 0 Å². The second kappa shape index (κ2) is 7.43. The van der Waals surface area contributed by atoms with E-state index in [9.17, 15) is 14.4 Å². The van der Waals surface area contributed by atoms with E-state index >= 15 is 0 Å². The van der Waals surface area contributed by atoms with Gasteiger partial charge in [0.1, 0.15) is 11.7 Å². The molecule has 0 aromatic carbocycles. The SMILES string of the molecule is NC(=O)C(=O)C(Cc1ccc[nH]1)NC(=O)c1ccnn1-c1cccnc1. The van der Waals surface area contributed by atoms with E-state index in [0.29, 0.717) is 11.4 Å². The zero-order valence-corrected chi connectivity index (χ0v) is 13.6. The number of amides is 2. The van der Waals surface area contributed by atoms with Crippen LogP contribution in [-0.2, 0) is 16.0 Å². The summed E-state index contributed by atoms with van der Waals surface area (Å²) >= 11 is 0. The lowest BCUT2D eigenvalue weighted by molar-refractivity contribution is -0.137. The van der Waals surface area contributed by atoms with Crippen LogP contribution in [0.25, 0.3) is 5.69 Å². The molecule has 9 heteroatoms. The Morgan fingerprint density at radius 2 is 2.04 bits per heavy atom. The molecule has 132 valence electrons. The van der Waals surface area contributed by atoms with Gasteiger partial charge in [0.25, 0.3) is 11.8 Å². The first kappa shape index (κ1) is 17.1. The first-order chi connectivity index (χ1) is 12.6. The summed E-state index contributed by atoms with van der Waals surface area (Å²) in [6.07, 6.45) is 6.40. The van der Waals surface area contributed by atoms with Gasteiger partial charge in [-0.05, 0) is 30.3 Å². The first-order valence-corrected chi connectivity index (χ1v) is 7.77. The topological polar surface area (TPSA) is 136 Å². The molecule has 3 aromatic rings. The van der Waals surface area contributed by atoms with E-state index in [1.165, 1.54) is 16.9 Å². The summed E-state index contributed by atoms with van der Waals surface area (Å²) in [5.41, 5.74) is 6.58. The van der Waals surface area contributed by atoms with E-state index in [2.05, 4.69) is 20.4 Å². The number of H-pyrrole nitrogens is 1. The molecule has 0 fully saturated rings. The van der Waals surface area contributed by atoms with Gasteiger partial charge in [-0.15, -0.1) is 0 Å². The number of hydrogen-bond donors (Lipinski definition) is 3. The molecule has 1 atom stereocenters. The maximum atomic E-state index is 12.7. The highest BCUT2D eigenvalue weighted by Gasteiger charge is 2.27. The Hall–Kier alpha value is -3.75. The molecular weight excluding hydrogens is 336 g/mol. The second-order valence-electron chi connectivity index (χ2n) is 5.49. The maximum Gasteiger partial charge on any atom is 0.287 e. The van der Waals surface area contributed by atoms with Gasteiger partial charge in [-0.25, -0.2) is 4.68 Å². The van der Waals surface area contributed by atoms with E-state index in [4.69, 9.17) is 5.73 Å². The normalized spacial score (nSPS) is 11.7. The van der Waals surface area contributed by atoms with Crippen molar-refractivity contribution in [2.24, 2.45) is 5.73 Å². The molecule has 1 unspecified atom stereocenters. The number of nitrogens with zero attached hydrogens (tertiary/aromatic N) is 3. The molecule has 0 saturated heterocycles. The van der Waals surface area contributed by atoms with Gasteiger partial charge < -0.3 is 16.0 Å². The predicted molar refractivity (Wildman–Crippen MR) is 91.3 cm³/mol. The Kier molecular flexibility index (Phi) is 4.88. The Balaban J connectivity index is 1.83. The van der Waals surface area contributed by atoms with Crippen molar-refractivity contribution in [1.82, 2.24) is 25.1 Å². The average Bonchev–Trinajstić information content (AvgIpc) is 3.32. The molecule has 0 radical (unpaired) electrons. The van der Waals surface area contributed by atoms with Crippen LogP contribution in [0.3, 0.4) is 0 Å². The molecule has 0 aliphatic heterocycles.